The van der Waals surface area contributed by atoms with Gasteiger partial charge in [-0.15, -0.1) is 0 Å². The summed E-state index contributed by atoms with van der Waals surface area (Å²) in [5.41, 5.74) is 1.38. The molecule has 0 saturated heterocycles. The maximum atomic E-state index is 8.74. The molecular weight excluding hydrogens is 190 g/mol. The van der Waals surface area contributed by atoms with E-state index in [9.17, 15) is 0 Å². The molecule has 0 fully saturated rings. The zero-order chi connectivity index (χ0) is 10.7. The van der Waals surface area contributed by atoms with Gasteiger partial charge < -0.3 is 10.1 Å². The number of anilines is 1. The number of rotatable bonds is 1. The first-order valence-electron chi connectivity index (χ1n) is 4.64. The zero-order valence-electron chi connectivity index (χ0n) is 8.03. The molecule has 0 saturated carbocycles. The highest BCUT2D eigenvalue weighted by Crippen LogP contribution is 2.30. The van der Waals surface area contributed by atoms with Gasteiger partial charge in [-0.2, -0.15) is 10.5 Å². The molecule has 1 aromatic rings. The van der Waals surface area contributed by atoms with E-state index in [0.29, 0.717) is 18.6 Å². The van der Waals surface area contributed by atoms with Crippen LogP contribution in [-0.4, -0.2) is 12.6 Å². The van der Waals surface area contributed by atoms with E-state index < -0.39 is 0 Å². The van der Waals surface area contributed by atoms with Crippen molar-refractivity contribution in [2.45, 2.75) is 12.5 Å². The van der Waals surface area contributed by atoms with Gasteiger partial charge in [0.25, 0.3) is 0 Å². The third-order valence-electron chi connectivity index (χ3n) is 2.25. The number of hydrogen-bond donors (Lipinski definition) is 1. The summed E-state index contributed by atoms with van der Waals surface area (Å²) in [7, 11) is 0. The van der Waals surface area contributed by atoms with Crippen LogP contribution in [0, 0.1) is 22.7 Å². The van der Waals surface area contributed by atoms with Gasteiger partial charge in [-0.1, -0.05) is 0 Å². The van der Waals surface area contributed by atoms with Crippen LogP contribution in [0.25, 0.3) is 0 Å². The van der Waals surface area contributed by atoms with Crippen LogP contribution < -0.4 is 10.1 Å². The van der Waals surface area contributed by atoms with Crippen molar-refractivity contribution in [3.8, 4) is 17.9 Å². The van der Waals surface area contributed by atoms with Crippen LogP contribution in [0.4, 0.5) is 5.69 Å². The summed E-state index contributed by atoms with van der Waals surface area (Å²) < 4.78 is 5.47. The van der Waals surface area contributed by atoms with Crippen molar-refractivity contribution in [2.24, 2.45) is 0 Å². The third kappa shape index (κ3) is 1.84. The van der Waals surface area contributed by atoms with Crippen molar-refractivity contribution in [2.75, 3.05) is 11.9 Å². The number of fused-ring (bicyclic) bond motifs is 1. The van der Waals surface area contributed by atoms with E-state index >= 15 is 0 Å². The molecule has 1 unspecified atom stereocenters. The Morgan fingerprint density at radius 3 is 3.07 bits per heavy atom. The summed E-state index contributed by atoms with van der Waals surface area (Å²) in [5.74, 6) is 0.739. The van der Waals surface area contributed by atoms with Crippen molar-refractivity contribution >= 4 is 5.69 Å². The predicted octanol–water partition coefficient (Wildman–Crippen LogP) is 1.64. The monoisotopic (exact) mass is 199 g/mol. The van der Waals surface area contributed by atoms with Gasteiger partial charge in [0.15, 0.2) is 0 Å². The molecule has 0 spiro atoms. The Hall–Kier alpha value is -2.20. The van der Waals surface area contributed by atoms with Crippen LogP contribution >= 0.6 is 0 Å². The topological polar surface area (TPSA) is 68.8 Å². The number of nitrogens with one attached hydrogen (secondary N) is 1. The second-order valence-corrected chi connectivity index (χ2v) is 3.34. The molecule has 2 rings (SSSR count). The second kappa shape index (κ2) is 3.89. The summed E-state index contributed by atoms with van der Waals surface area (Å²) in [6, 6.07) is 9.38. The largest absolute Gasteiger partial charge is 0.489 e. The molecule has 1 aromatic carbocycles. The average Bonchev–Trinajstić information content (AvgIpc) is 2.28. The van der Waals surface area contributed by atoms with Gasteiger partial charge in [0.05, 0.1) is 35.9 Å². The Balaban J connectivity index is 2.25. The second-order valence-electron chi connectivity index (χ2n) is 3.34. The SMILES string of the molecule is N#CCC1COc2ccc(C#N)cc2N1. The number of hydrogen-bond acceptors (Lipinski definition) is 4. The van der Waals surface area contributed by atoms with Crippen LogP contribution in [0.2, 0.25) is 0 Å². The molecule has 1 aliphatic rings. The fraction of sp³-hybridized carbons (Fsp3) is 0.273. The van der Waals surface area contributed by atoms with Gasteiger partial charge in [-0.05, 0) is 18.2 Å². The highest BCUT2D eigenvalue weighted by atomic mass is 16.5. The van der Waals surface area contributed by atoms with E-state index in [4.69, 9.17) is 15.3 Å². The fourth-order valence-electron chi connectivity index (χ4n) is 1.51. The minimum atomic E-state index is 0.0106. The Labute approximate surface area is 87.7 Å². The van der Waals surface area contributed by atoms with Crippen LogP contribution in [0.15, 0.2) is 18.2 Å². The van der Waals surface area contributed by atoms with Crippen molar-refractivity contribution in [1.29, 1.82) is 10.5 Å². The minimum Gasteiger partial charge on any atom is -0.489 e. The van der Waals surface area contributed by atoms with Crippen molar-refractivity contribution in [3.63, 3.8) is 0 Å². The van der Waals surface area contributed by atoms with Crippen LogP contribution in [0.1, 0.15) is 12.0 Å². The number of ether oxygens (including phenoxy) is 1. The van der Waals surface area contributed by atoms with Crippen LogP contribution in [-0.2, 0) is 0 Å². The van der Waals surface area contributed by atoms with Crippen molar-refractivity contribution < 1.29 is 4.74 Å². The van der Waals surface area contributed by atoms with Gasteiger partial charge >= 0.3 is 0 Å². The van der Waals surface area contributed by atoms with Crippen LogP contribution in [0.3, 0.4) is 0 Å². The lowest BCUT2D eigenvalue weighted by molar-refractivity contribution is 0.286. The molecule has 4 nitrogen and oxygen atoms in total. The molecule has 1 atom stereocenters. The van der Waals surface area contributed by atoms with Crippen molar-refractivity contribution in [1.82, 2.24) is 0 Å². The number of nitrogens with zero attached hydrogens (tertiary/aromatic N) is 2. The molecule has 74 valence electrons. The fourth-order valence-corrected chi connectivity index (χ4v) is 1.51. The summed E-state index contributed by atoms with van der Waals surface area (Å²) in [4.78, 5) is 0. The van der Waals surface area contributed by atoms with E-state index in [2.05, 4.69) is 17.5 Å². The Morgan fingerprint density at radius 1 is 1.47 bits per heavy atom. The van der Waals surface area contributed by atoms with Gasteiger partial charge in [0, 0.05) is 0 Å². The Bertz CT molecular complexity index is 456. The third-order valence-corrected chi connectivity index (χ3v) is 2.25. The molecule has 1 heterocycles. The lowest BCUT2D eigenvalue weighted by atomic mass is 10.1. The summed E-state index contributed by atoms with van der Waals surface area (Å²) in [6.07, 6.45) is 0.399. The molecule has 4 heteroatoms. The number of benzene rings is 1. The van der Waals surface area contributed by atoms with Crippen molar-refractivity contribution in [3.05, 3.63) is 23.8 Å². The smallest absolute Gasteiger partial charge is 0.142 e. The van der Waals surface area contributed by atoms with E-state index in [1.165, 1.54) is 0 Å². The first kappa shape index (κ1) is 9.36. The maximum absolute atomic E-state index is 8.74. The van der Waals surface area contributed by atoms with Crippen LogP contribution in [0.5, 0.6) is 5.75 Å². The molecule has 0 aromatic heterocycles. The summed E-state index contributed by atoms with van der Waals surface area (Å²) in [6.45, 7) is 0.493. The molecule has 0 bridgehead atoms. The van der Waals surface area contributed by atoms with E-state index in [-0.39, 0.29) is 6.04 Å². The quantitative estimate of drug-likeness (QED) is 0.746. The summed E-state index contributed by atoms with van der Waals surface area (Å²) >= 11 is 0. The van der Waals surface area contributed by atoms with Gasteiger partial charge in [-0.3, -0.25) is 0 Å². The minimum absolute atomic E-state index is 0.0106. The molecule has 0 aliphatic carbocycles. The molecular formula is C11H9N3O. The zero-order valence-corrected chi connectivity index (χ0v) is 8.03. The van der Waals surface area contributed by atoms with E-state index in [0.717, 1.165) is 11.4 Å². The highest BCUT2D eigenvalue weighted by Gasteiger charge is 2.18. The Kier molecular flexibility index (Phi) is 2.43. The lowest BCUT2D eigenvalue weighted by Crippen LogP contribution is -2.30. The predicted molar refractivity (Wildman–Crippen MR) is 54.3 cm³/mol. The Morgan fingerprint density at radius 2 is 2.33 bits per heavy atom. The first-order valence-corrected chi connectivity index (χ1v) is 4.64. The van der Waals surface area contributed by atoms with E-state index in [1.807, 2.05) is 0 Å². The number of nitriles is 2. The van der Waals surface area contributed by atoms with E-state index in [1.54, 1.807) is 18.2 Å². The van der Waals surface area contributed by atoms with Gasteiger partial charge in [0.2, 0.25) is 0 Å². The molecule has 0 radical (unpaired) electrons. The lowest BCUT2D eigenvalue weighted by Gasteiger charge is -2.25. The molecule has 1 aliphatic heterocycles. The highest BCUT2D eigenvalue weighted by molar-refractivity contribution is 5.61. The van der Waals surface area contributed by atoms with Gasteiger partial charge in [-0.25, -0.2) is 0 Å². The first-order chi connectivity index (χ1) is 7.33. The molecule has 1 N–H and O–H groups in total. The average molecular weight is 199 g/mol. The standard InChI is InChI=1S/C11H9N3O/c12-4-3-9-7-15-11-2-1-8(6-13)5-10(11)14-9/h1-2,5,9,14H,3,7H2. The molecule has 0 amide bonds. The normalized spacial score (nSPS) is 17.6. The summed E-state index contributed by atoms with van der Waals surface area (Å²) in [5, 5.41) is 20.5. The van der Waals surface area contributed by atoms with Gasteiger partial charge in [0.1, 0.15) is 12.4 Å². The maximum Gasteiger partial charge on any atom is 0.142 e. The molecule has 15 heavy (non-hydrogen) atoms.